The van der Waals surface area contributed by atoms with Crippen LogP contribution >= 0.6 is 11.8 Å². The normalized spacial score (nSPS) is 10.9. The molecule has 164 valence electrons. The fourth-order valence-electron chi connectivity index (χ4n) is 3.40. The van der Waals surface area contributed by atoms with Crippen LogP contribution in [0.2, 0.25) is 0 Å². The van der Waals surface area contributed by atoms with Gasteiger partial charge in [0.25, 0.3) is 0 Å². The molecule has 0 saturated heterocycles. The van der Waals surface area contributed by atoms with Gasteiger partial charge >= 0.3 is 0 Å². The van der Waals surface area contributed by atoms with E-state index in [0.29, 0.717) is 6.54 Å². The molecule has 0 radical (unpaired) electrons. The average Bonchev–Trinajstić information content (AvgIpc) is 2.84. The molecule has 0 atom stereocenters. The minimum atomic E-state index is 0.634. The van der Waals surface area contributed by atoms with Gasteiger partial charge in [0, 0.05) is 35.3 Å². The van der Waals surface area contributed by atoms with Crippen molar-refractivity contribution in [2.24, 2.45) is 0 Å². The van der Waals surface area contributed by atoms with Crippen molar-refractivity contribution in [3.05, 3.63) is 90.1 Å². The summed E-state index contributed by atoms with van der Waals surface area (Å²) in [5, 5.41) is 4.56. The molecular formula is C26H28N4OS. The molecule has 0 aliphatic carbocycles. The lowest BCUT2D eigenvalue weighted by atomic mass is 10.2. The number of unbranched alkanes of at least 4 members (excludes halogenated alkanes) is 1. The summed E-state index contributed by atoms with van der Waals surface area (Å²) in [6.45, 7) is 3.43. The average molecular weight is 445 g/mol. The predicted octanol–water partition coefficient (Wildman–Crippen LogP) is 6.04. The Bertz CT molecular complexity index is 1140. The van der Waals surface area contributed by atoms with Crippen molar-refractivity contribution in [3.8, 4) is 5.75 Å². The minimum absolute atomic E-state index is 0.634. The van der Waals surface area contributed by atoms with Crippen LogP contribution in [0.5, 0.6) is 5.75 Å². The van der Waals surface area contributed by atoms with Gasteiger partial charge in [-0.15, -0.1) is 0 Å². The Balaban J connectivity index is 1.21. The number of nitrogens with zero attached hydrogens (tertiary/aromatic N) is 3. The van der Waals surface area contributed by atoms with Gasteiger partial charge in [-0.05, 0) is 61.4 Å². The van der Waals surface area contributed by atoms with Crippen molar-refractivity contribution in [2.45, 2.75) is 32.1 Å². The van der Waals surface area contributed by atoms with Gasteiger partial charge in [-0.1, -0.05) is 18.2 Å². The standard InChI is InChI=1S/C26H28N4OS/c1-20-25(18-29-23-16-22-6-2-3-7-24(22)30-17-23)28-13-10-26(20)31-14-4-5-15-32-19-21-8-11-27-12-9-21/h2-3,6-13,16-17,29H,4-5,14-15,18-19H2,1H3. The van der Waals surface area contributed by atoms with Gasteiger partial charge in [-0.25, -0.2) is 0 Å². The fourth-order valence-corrected chi connectivity index (χ4v) is 4.39. The summed E-state index contributed by atoms with van der Waals surface area (Å²) in [7, 11) is 0. The first-order chi connectivity index (χ1) is 15.8. The number of nitrogens with one attached hydrogen (secondary N) is 1. The third-order valence-electron chi connectivity index (χ3n) is 5.27. The second-order valence-corrected chi connectivity index (χ2v) is 8.72. The Morgan fingerprint density at radius 2 is 1.84 bits per heavy atom. The molecule has 5 nitrogen and oxygen atoms in total. The summed E-state index contributed by atoms with van der Waals surface area (Å²) >= 11 is 1.96. The van der Waals surface area contributed by atoms with E-state index in [9.17, 15) is 0 Å². The maximum Gasteiger partial charge on any atom is 0.125 e. The highest BCUT2D eigenvalue weighted by molar-refractivity contribution is 7.98. The van der Waals surface area contributed by atoms with Crippen molar-refractivity contribution in [2.75, 3.05) is 17.7 Å². The molecule has 0 aliphatic heterocycles. The monoisotopic (exact) mass is 444 g/mol. The number of para-hydroxylation sites is 1. The topological polar surface area (TPSA) is 59.9 Å². The second-order valence-electron chi connectivity index (χ2n) is 7.61. The Morgan fingerprint density at radius 1 is 0.969 bits per heavy atom. The Hall–Kier alpha value is -3.12. The van der Waals surface area contributed by atoms with Crippen LogP contribution in [0.1, 0.15) is 29.7 Å². The zero-order chi connectivity index (χ0) is 22.0. The highest BCUT2D eigenvalue weighted by Gasteiger charge is 2.07. The predicted molar refractivity (Wildman–Crippen MR) is 133 cm³/mol. The van der Waals surface area contributed by atoms with Crippen LogP contribution in [-0.4, -0.2) is 27.3 Å². The first-order valence-electron chi connectivity index (χ1n) is 10.9. The van der Waals surface area contributed by atoms with Crippen molar-refractivity contribution < 1.29 is 4.74 Å². The van der Waals surface area contributed by atoms with E-state index in [2.05, 4.69) is 51.5 Å². The zero-order valence-electron chi connectivity index (χ0n) is 18.3. The molecule has 1 aromatic carbocycles. The molecule has 0 bridgehead atoms. The van der Waals surface area contributed by atoms with Gasteiger partial charge in [0.1, 0.15) is 5.75 Å². The van der Waals surface area contributed by atoms with E-state index in [-0.39, 0.29) is 0 Å². The molecule has 0 spiro atoms. The molecule has 3 heterocycles. The molecule has 0 fully saturated rings. The van der Waals surface area contributed by atoms with Crippen LogP contribution in [0, 0.1) is 6.92 Å². The van der Waals surface area contributed by atoms with Crippen LogP contribution in [0.4, 0.5) is 5.69 Å². The van der Waals surface area contributed by atoms with Gasteiger partial charge in [0.05, 0.1) is 36.2 Å². The first kappa shape index (κ1) is 22.1. The van der Waals surface area contributed by atoms with Crippen LogP contribution in [0.3, 0.4) is 0 Å². The van der Waals surface area contributed by atoms with Crippen molar-refractivity contribution in [1.29, 1.82) is 0 Å². The Labute approximate surface area is 193 Å². The first-order valence-corrected chi connectivity index (χ1v) is 12.1. The lowest BCUT2D eigenvalue weighted by Gasteiger charge is -2.13. The number of ether oxygens (including phenoxy) is 1. The van der Waals surface area contributed by atoms with Crippen molar-refractivity contribution >= 4 is 28.4 Å². The van der Waals surface area contributed by atoms with E-state index in [1.54, 1.807) is 0 Å². The van der Waals surface area contributed by atoms with Gasteiger partial charge in [-0.2, -0.15) is 11.8 Å². The van der Waals surface area contributed by atoms with Gasteiger partial charge in [0.2, 0.25) is 0 Å². The van der Waals surface area contributed by atoms with E-state index < -0.39 is 0 Å². The summed E-state index contributed by atoms with van der Waals surface area (Å²) < 4.78 is 6.05. The maximum atomic E-state index is 6.05. The summed E-state index contributed by atoms with van der Waals surface area (Å²) in [5.41, 5.74) is 5.39. The third-order valence-corrected chi connectivity index (χ3v) is 6.38. The lowest BCUT2D eigenvalue weighted by molar-refractivity contribution is 0.307. The number of thioether (sulfide) groups is 1. The summed E-state index contributed by atoms with van der Waals surface area (Å²) in [6, 6.07) is 16.3. The summed E-state index contributed by atoms with van der Waals surface area (Å²) in [6.07, 6.45) is 9.57. The van der Waals surface area contributed by atoms with Crippen molar-refractivity contribution in [3.63, 3.8) is 0 Å². The molecule has 1 N–H and O–H groups in total. The summed E-state index contributed by atoms with van der Waals surface area (Å²) in [5.74, 6) is 3.09. The molecule has 0 unspecified atom stereocenters. The number of benzene rings is 1. The molecule has 0 amide bonds. The van der Waals surface area contributed by atoms with E-state index in [0.717, 1.165) is 64.6 Å². The zero-order valence-corrected chi connectivity index (χ0v) is 19.1. The number of pyridine rings is 3. The SMILES string of the molecule is Cc1c(OCCCCSCc2ccncc2)ccnc1CNc1cnc2ccccc2c1. The molecule has 4 rings (SSSR count). The quantitative estimate of drug-likeness (QED) is 0.285. The van der Waals surface area contributed by atoms with Crippen LogP contribution in [-0.2, 0) is 12.3 Å². The van der Waals surface area contributed by atoms with E-state index in [1.165, 1.54) is 5.56 Å². The molecule has 4 aromatic rings. The Kier molecular flexibility index (Phi) is 7.93. The van der Waals surface area contributed by atoms with Crippen LogP contribution in [0.15, 0.2) is 73.3 Å². The third kappa shape index (κ3) is 6.20. The van der Waals surface area contributed by atoms with E-state index >= 15 is 0 Å². The van der Waals surface area contributed by atoms with Crippen molar-refractivity contribution in [1.82, 2.24) is 15.0 Å². The van der Waals surface area contributed by atoms with Crippen LogP contribution < -0.4 is 10.1 Å². The van der Waals surface area contributed by atoms with Gasteiger partial charge in [0.15, 0.2) is 0 Å². The fraction of sp³-hybridized carbons (Fsp3) is 0.269. The Morgan fingerprint density at radius 3 is 2.75 bits per heavy atom. The number of hydrogen-bond donors (Lipinski definition) is 1. The number of aromatic nitrogens is 3. The van der Waals surface area contributed by atoms with Crippen LogP contribution in [0.25, 0.3) is 10.9 Å². The van der Waals surface area contributed by atoms with E-state index in [4.69, 9.17) is 4.74 Å². The largest absolute Gasteiger partial charge is 0.493 e. The number of anilines is 1. The highest BCUT2D eigenvalue weighted by Crippen LogP contribution is 2.22. The molecular weight excluding hydrogens is 416 g/mol. The highest BCUT2D eigenvalue weighted by atomic mass is 32.2. The van der Waals surface area contributed by atoms with Gasteiger partial charge in [-0.3, -0.25) is 15.0 Å². The molecule has 6 heteroatoms. The van der Waals surface area contributed by atoms with E-state index in [1.807, 2.05) is 60.8 Å². The smallest absolute Gasteiger partial charge is 0.125 e. The minimum Gasteiger partial charge on any atom is -0.493 e. The summed E-state index contributed by atoms with van der Waals surface area (Å²) in [4.78, 5) is 13.1. The maximum absolute atomic E-state index is 6.05. The number of rotatable bonds is 11. The second kappa shape index (κ2) is 11.5. The van der Waals surface area contributed by atoms with Gasteiger partial charge < -0.3 is 10.1 Å². The molecule has 0 aliphatic rings. The molecule has 3 aromatic heterocycles. The molecule has 32 heavy (non-hydrogen) atoms. The lowest BCUT2D eigenvalue weighted by Crippen LogP contribution is -2.07. The molecule has 0 saturated carbocycles. The number of fused-ring (bicyclic) bond motifs is 1. The number of hydrogen-bond acceptors (Lipinski definition) is 6.